The predicted octanol–water partition coefficient (Wildman–Crippen LogP) is 2.11. The van der Waals surface area contributed by atoms with Crippen molar-refractivity contribution in [2.24, 2.45) is 0 Å². The highest BCUT2D eigenvalue weighted by Gasteiger charge is 2.27. The molecule has 1 unspecified atom stereocenters. The Morgan fingerprint density at radius 2 is 2.31 bits per heavy atom. The second-order valence-corrected chi connectivity index (χ2v) is 4.17. The second-order valence-electron chi connectivity index (χ2n) is 4.17. The van der Waals surface area contributed by atoms with E-state index < -0.39 is 0 Å². The van der Waals surface area contributed by atoms with E-state index in [0.29, 0.717) is 0 Å². The van der Waals surface area contributed by atoms with E-state index >= 15 is 0 Å². The van der Waals surface area contributed by atoms with E-state index in [1.807, 2.05) is 24.3 Å². The Kier molecular flexibility index (Phi) is 3.44. The van der Waals surface area contributed by atoms with Crippen LogP contribution >= 0.6 is 0 Å². The number of nitrogens with one attached hydrogen (secondary N) is 2. The van der Waals surface area contributed by atoms with Crippen LogP contribution < -0.4 is 10.6 Å². The molecule has 1 heterocycles. The molecule has 2 rings (SSSR count). The summed E-state index contributed by atoms with van der Waals surface area (Å²) < 4.78 is 0. The van der Waals surface area contributed by atoms with Gasteiger partial charge in [-0.2, -0.15) is 0 Å². The van der Waals surface area contributed by atoms with Crippen LogP contribution in [0, 0.1) is 0 Å². The number of hydrogen-bond donors (Lipinski definition) is 2. The maximum absolute atomic E-state index is 11.9. The van der Waals surface area contributed by atoms with Crippen LogP contribution in [0.5, 0.6) is 0 Å². The van der Waals surface area contributed by atoms with Gasteiger partial charge in [0.15, 0.2) is 0 Å². The summed E-state index contributed by atoms with van der Waals surface area (Å²) in [4.78, 5) is 11.9. The molecule has 2 N–H and O–H groups in total. The minimum atomic E-state index is -0.0203. The fraction of sp³-hybridized carbons (Fsp3) is 0.462. The fourth-order valence-corrected chi connectivity index (χ4v) is 2.03. The SMILES string of the molecule is CCCCNC(=O)C1CNc2ccccc21. The highest BCUT2D eigenvalue weighted by Crippen LogP contribution is 2.30. The van der Waals surface area contributed by atoms with E-state index in [1.54, 1.807) is 0 Å². The lowest BCUT2D eigenvalue weighted by molar-refractivity contribution is -0.122. The van der Waals surface area contributed by atoms with Crippen LogP contribution in [0.4, 0.5) is 5.69 Å². The van der Waals surface area contributed by atoms with Gasteiger partial charge in [0.1, 0.15) is 0 Å². The predicted molar refractivity (Wildman–Crippen MR) is 65.6 cm³/mol. The molecule has 86 valence electrons. The number of fused-ring (bicyclic) bond motifs is 1. The average molecular weight is 218 g/mol. The number of benzene rings is 1. The van der Waals surface area contributed by atoms with Crippen molar-refractivity contribution in [3.05, 3.63) is 29.8 Å². The zero-order chi connectivity index (χ0) is 11.4. The third kappa shape index (κ3) is 2.18. The number of rotatable bonds is 4. The van der Waals surface area contributed by atoms with Crippen molar-refractivity contribution in [3.8, 4) is 0 Å². The van der Waals surface area contributed by atoms with E-state index in [0.717, 1.165) is 37.2 Å². The van der Waals surface area contributed by atoms with E-state index in [4.69, 9.17) is 0 Å². The number of unbranched alkanes of at least 4 members (excludes halogenated alkanes) is 1. The van der Waals surface area contributed by atoms with Gasteiger partial charge >= 0.3 is 0 Å². The van der Waals surface area contributed by atoms with E-state index in [-0.39, 0.29) is 11.8 Å². The molecular formula is C13H18N2O. The maximum Gasteiger partial charge on any atom is 0.229 e. The minimum Gasteiger partial charge on any atom is -0.384 e. The molecular weight excluding hydrogens is 200 g/mol. The largest absolute Gasteiger partial charge is 0.384 e. The van der Waals surface area contributed by atoms with Gasteiger partial charge in [-0.15, -0.1) is 0 Å². The molecule has 1 atom stereocenters. The van der Waals surface area contributed by atoms with Crippen LogP contribution in [-0.4, -0.2) is 19.0 Å². The van der Waals surface area contributed by atoms with Gasteiger partial charge in [0.25, 0.3) is 0 Å². The van der Waals surface area contributed by atoms with Crippen LogP contribution in [0.2, 0.25) is 0 Å². The summed E-state index contributed by atoms with van der Waals surface area (Å²) in [5.41, 5.74) is 2.22. The molecule has 3 nitrogen and oxygen atoms in total. The summed E-state index contributed by atoms with van der Waals surface area (Å²) in [6.07, 6.45) is 2.16. The number of carbonyl (C=O) groups is 1. The third-order valence-corrected chi connectivity index (χ3v) is 2.98. The van der Waals surface area contributed by atoms with Crippen LogP contribution in [0.1, 0.15) is 31.2 Å². The zero-order valence-corrected chi connectivity index (χ0v) is 9.62. The van der Waals surface area contributed by atoms with Gasteiger partial charge in [0, 0.05) is 18.8 Å². The quantitative estimate of drug-likeness (QED) is 0.760. The summed E-state index contributed by atoms with van der Waals surface area (Å²) in [6.45, 7) is 3.63. The number of para-hydroxylation sites is 1. The molecule has 0 fully saturated rings. The van der Waals surface area contributed by atoms with Crippen molar-refractivity contribution in [2.45, 2.75) is 25.7 Å². The van der Waals surface area contributed by atoms with Gasteiger partial charge in [0.05, 0.1) is 5.92 Å². The van der Waals surface area contributed by atoms with Gasteiger partial charge in [-0.05, 0) is 18.1 Å². The average Bonchev–Trinajstić information content (AvgIpc) is 2.73. The molecule has 0 bridgehead atoms. The van der Waals surface area contributed by atoms with Gasteiger partial charge < -0.3 is 10.6 Å². The van der Waals surface area contributed by atoms with Gasteiger partial charge in [-0.1, -0.05) is 31.5 Å². The summed E-state index contributed by atoms with van der Waals surface area (Å²) in [6, 6.07) is 8.02. The molecule has 1 aromatic carbocycles. The molecule has 0 saturated heterocycles. The number of amides is 1. The maximum atomic E-state index is 11.9. The lowest BCUT2D eigenvalue weighted by Crippen LogP contribution is -2.31. The summed E-state index contributed by atoms with van der Waals surface area (Å²) >= 11 is 0. The van der Waals surface area contributed by atoms with E-state index in [9.17, 15) is 4.79 Å². The van der Waals surface area contributed by atoms with E-state index in [2.05, 4.69) is 17.6 Å². The van der Waals surface area contributed by atoms with Crippen LogP contribution in [0.3, 0.4) is 0 Å². The van der Waals surface area contributed by atoms with Crippen molar-refractivity contribution >= 4 is 11.6 Å². The molecule has 0 spiro atoms. The number of carbonyl (C=O) groups excluding carboxylic acids is 1. The van der Waals surface area contributed by atoms with Gasteiger partial charge in [-0.3, -0.25) is 4.79 Å². The Morgan fingerprint density at radius 3 is 3.12 bits per heavy atom. The first kappa shape index (κ1) is 11.0. The summed E-state index contributed by atoms with van der Waals surface area (Å²) in [5.74, 6) is 0.124. The van der Waals surface area contributed by atoms with E-state index in [1.165, 1.54) is 0 Å². The highest BCUT2D eigenvalue weighted by molar-refractivity contribution is 5.88. The monoisotopic (exact) mass is 218 g/mol. The lowest BCUT2D eigenvalue weighted by Gasteiger charge is -2.10. The molecule has 0 aliphatic carbocycles. The molecule has 0 aromatic heterocycles. The summed E-state index contributed by atoms with van der Waals surface area (Å²) in [7, 11) is 0. The van der Waals surface area contributed by atoms with Crippen molar-refractivity contribution < 1.29 is 4.79 Å². The second kappa shape index (κ2) is 5.01. The van der Waals surface area contributed by atoms with Crippen LogP contribution in [-0.2, 0) is 4.79 Å². The Bertz CT molecular complexity index is 376. The Balaban J connectivity index is 1.99. The van der Waals surface area contributed by atoms with Gasteiger partial charge in [0.2, 0.25) is 5.91 Å². The van der Waals surface area contributed by atoms with Crippen molar-refractivity contribution in [1.29, 1.82) is 0 Å². The topological polar surface area (TPSA) is 41.1 Å². The lowest BCUT2D eigenvalue weighted by atomic mass is 10.0. The molecule has 0 saturated carbocycles. The normalized spacial score (nSPS) is 17.7. The Morgan fingerprint density at radius 1 is 1.50 bits per heavy atom. The highest BCUT2D eigenvalue weighted by atomic mass is 16.1. The fourth-order valence-electron chi connectivity index (χ4n) is 2.03. The first-order valence-electron chi connectivity index (χ1n) is 5.93. The number of anilines is 1. The Labute approximate surface area is 96.2 Å². The van der Waals surface area contributed by atoms with Crippen molar-refractivity contribution in [2.75, 3.05) is 18.4 Å². The van der Waals surface area contributed by atoms with Crippen LogP contribution in [0.25, 0.3) is 0 Å². The molecule has 3 heteroatoms. The van der Waals surface area contributed by atoms with Crippen molar-refractivity contribution in [1.82, 2.24) is 5.32 Å². The zero-order valence-electron chi connectivity index (χ0n) is 9.62. The summed E-state index contributed by atoms with van der Waals surface area (Å²) in [5, 5.41) is 6.25. The molecule has 1 amide bonds. The number of hydrogen-bond acceptors (Lipinski definition) is 2. The van der Waals surface area contributed by atoms with Crippen molar-refractivity contribution in [3.63, 3.8) is 0 Å². The first-order chi connectivity index (χ1) is 7.83. The third-order valence-electron chi connectivity index (χ3n) is 2.98. The molecule has 1 aliphatic heterocycles. The molecule has 1 aliphatic rings. The smallest absolute Gasteiger partial charge is 0.229 e. The first-order valence-corrected chi connectivity index (χ1v) is 5.93. The minimum absolute atomic E-state index is 0.0203. The standard InChI is InChI=1S/C13H18N2O/c1-2-3-8-14-13(16)11-9-15-12-7-5-4-6-10(11)12/h4-7,11,15H,2-3,8-9H2,1H3,(H,14,16). The molecule has 1 aromatic rings. The Hall–Kier alpha value is -1.51. The molecule has 16 heavy (non-hydrogen) atoms. The van der Waals surface area contributed by atoms with Gasteiger partial charge in [-0.25, -0.2) is 0 Å². The van der Waals surface area contributed by atoms with Crippen LogP contribution in [0.15, 0.2) is 24.3 Å². The molecule has 0 radical (unpaired) electrons.